The first-order valence-corrected chi connectivity index (χ1v) is 7.89. The van der Waals surface area contributed by atoms with Crippen molar-refractivity contribution >= 4 is 34.7 Å². The van der Waals surface area contributed by atoms with Crippen molar-refractivity contribution < 1.29 is 14.3 Å². The van der Waals surface area contributed by atoms with Gasteiger partial charge in [-0.05, 0) is 25.7 Å². The van der Waals surface area contributed by atoms with Crippen molar-refractivity contribution in [2.75, 3.05) is 26.2 Å². The number of hydrogen-bond donors (Lipinski definition) is 0. The van der Waals surface area contributed by atoms with Gasteiger partial charge in [-0.15, -0.1) is 0 Å². The Balaban J connectivity index is 1.77. The molecule has 0 aromatic heterocycles. The second-order valence-electron chi connectivity index (χ2n) is 5.32. The number of rotatable bonds is 2. The molecule has 108 valence electrons. The third kappa shape index (κ3) is 4.30. The van der Waals surface area contributed by atoms with Crippen LogP contribution in [0.1, 0.15) is 32.6 Å². The van der Waals surface area contributed by atoms with Crippen molar-refractivity contribution in [3.05, 3.63) is 0 Å². The minimum absolute atomic E-state index is 0.0211. The van der Waals surface area contributed by atoms with Gasteiger partial charge < -0.3 is 9.64 Å². The van der Waals surface area contributed by atoms with E-state index in [0.717, 1.165) is 51.9 Å². The van der Waals surface area contributed by atoms with E-state index in [0.29, 0.717) is 5.91 Å². The molecule has 1 aliphatic heterocycles. The zero-order valence-electron chi connectivity index (χ0n) is 11.3. The van der Waals surface area contributed by atoms with Crippen LogP contribution in [0.15, 0.2) is 0 Å². The molecule has 0 bridgehead atoms. The average molecular weight is 380 g/mol. The molecule has 1 amide bonds. The maximum atomic E-state index is 12.4. The fourth-order valence-electron chi connectivity index (χ4n) is 2.82. The number of carbonyl (C=O) groups excluding carboxylic acids is 2. The van der Waals surface area contributed by atoms with E-state index in [1.807, 2.05) is 4.90 Å². The van der Waals surface area contributed by atoms with Crippen molar-refractivity contribution in [2.24, 2.45) is 5.92 Å². The van der Waals surface area contributed by atoms with Crippen LogP contribution >= 0.6 is 22.9 Å². The van der Waals surface area contributed by atoms with Crippen LogP contribution in [0.25, 0.3) is 0 Å². The fourth-order valence-corrected chi connectivity index (χ4v) is 3.25. The summed E-state index contributed by atoms with van der Waals surface area (Å²) in [5.74, 6) is 0.214. The van der Waals surface area contributed by atoms with Crippen LogP contribution in [-0.2, 0) is 14.3 Å². The van der Waals surface area contributed by atoms with Crippen LogP contribution < -0.4 is 0 Å². The highest BCUT2D eigenvalue weighted by Crippen LogP contribution is 2.28. The van der Waals surface area contributed by atoms with Gasteiger partial charge in [0, 0.05) is 61.9 Å². The van der Waals surface area contributed by atoms with Gasteiger partial charge in [0.25, 0.3) is 0 Å². The SMILES string of the molecule is CC(=O)OC1CCC(C(=O)N2CCN(I)CC2)CC1. The van der Waals surface area contributed by atoms with Gasteiger partial charge in [0.1, 0.15) is 6.10 Å². The Bertz CT molecular complexity index is 335. The van der Waals surface area contributed by atoms with Gasteiger partial charge in [0.15, 0.2) is 0 Å². The maximum Gasteiger partial charge on any atom is 0.302 e. The van der Waals surface area contributed by atoms with Crippen LogP contribution in [0.3, 0.4) is 0 Å². The van der Waals surface area contributed by atoms with Crippen LogP contribution in [0.5, 0.6) is 0 Å². The van der Waals surface area contributed by atoms with E-state index >= 15 is 0 Å². The van der Waals surface area contributed by atoms with Crippen LogP contribution in [0.4, 0.5) is 0 Å². The van der Waals surface area contributed by atoms with E-state index < -0.39 is 0 Å². The highest BCUT2D eigenvalue weighted by atomic mass is 127. The van der Waals surface area contributed by atoms with E-state index in [1.54, 1.807) is 0 Å². The minimum Gasteiger partial charge on any atom is -0.463 e. The lowest BCUT2D eigenvalue weighted by atomic mass is 9.86. The number of ether oxygens (including phenoxy) is 1. The Hall–Kier alpha value is -0.370. The lowest BCUT2D eigenvalue weighted by molar-refractivity contribution is -0.149. The first kappa shape index (κ1) is 15.0. The van der Waals surface area contributed by atoms with Gasteiger partial charge in [0.05, 0.1) is 0 Å². The summed E-state index contributed by atoms with van der Waals surface area (Å²) in [4.78, 5) is 25.3. The molecule has 0 aromatic rings. The molecule has 2 fully saturated rings. The van der Waals surface area contributed by atoms with E-state index in [-0.39, 0.29) is 18.0 Å². The molecule has 0 radical (unpaired) electrons. The molecule has 5 nitrogen and oxygen atoms in total. The topological polar surface area (TPSA) is 49.9 Å². The summed E-state index contributed by atoms with van der Waals surface area (Å²) in [6.07, 6.45) is 3.36. The number of carbonyl (C=O) groups is 2. The van der Waals surface area contributed by atoms with Crippen molar-refractivity contribution in [2.45, 2.75) is 38.7 Å². The van der Waals surface area contributed by atoms with Crippen molar-refractivity contribution in [3.8, 4) is 0 Å². The summed E-state index contributed by atoms with van der Waals surface area (Å²) in [5.41, 5.74) is 0. The molecular weight excluding hydrogens is 359 g/mol. The molecule has 0 aromatic carbocycles. The molecule has 2 aliphatic rings. The Morgan fingerprint density at radius 3 is 2.16 bits per heavy atom. The van der Waals surface area contributed by atoms with Gasteiger partial charge in [-0.3, -0.25) is 9.59 Å². The molecule has 1 aliphatic carbocycles. The molecule has 1 saturated heterocycles. The van der Waals surface area contributed by atoms with Gasteiger partial charge in [-0.25, -0.2) is 3.11 Å². The number of amides is 1. The first-order valence-electron chi connectivity index (χ1n) is 6.93. The van der Waals surface area contributed by atoms with Gasteiger partial charge in [-0.2, -0.15) is 0 Å². The molecule has 6 heteroatoms. The van der Waals surface area contributed by atoms with E-state index in [2.05, 4.69) is 26.0 Å². The second-order valence-corrected chi connectivity index (χ2v) is 6.68. The Morgan fingerprint density at radius 1 is 1.05 bits per heavy atom. The largest absolute Gasteiger partial charge is 0.463 e. The molecule has 0 unspecified atom stereocenters. The van der Waals surface area contributed by atoms with E-state index in [1.165, 1.54) is 6.92 Å². The molecule has 0 spiro atoms. The fraction of sp³-hybridized carbons (Fsp3) is 0.846. The predicted octanol–water partition coefficient (Wildman–Crippen LogP) is 1.60. The molecular formula is C13H21IN2O3. The summed E-state index contributed by atoms with van der Waals surface area (Å²) in [5, 5.41) is 0. The lowest BCUT2D eigenvalue weighted by Gasteiger charge is -2.35. The monoisotopic (exact) mass is 380 g/mol. The molecule has 0 atom stereocenters. The number of nitrogens with zero attached hydrogens (tertiary/aromatic N) is 2. The molecule has 0 N–H and O–H groups in total. The smallest absolute Gasteiger partial charge is 0.302 e. The van der Waals surface area contributed by atoms with E-state index in [4.69, 9.17) is 4.74 Å². The van der Waals surface area contributed by atoms with Crippen LogP contribution in [-0.4, -0.2) is 52.2 Å². The number of halogens is 1. The summed E-state index contributed by atoms with van der Waals surface area (Å²) in [6.45, 7) is 5.03. The predicted molar refractivity (Wildman–Crippen MR) is 79.7 cm³/mol. The minimum atomic E-state index is -0.215. The number of esters is 1. The number of hydrogen-bond acceptors (Lipinski definition) is 4. The third-order valence-electron chi connectivity index (χ3n) is 3.89. The summed E-state index contributed by atoms with van der Waals surface area (Å²) in [6, 6.07) is 0. The quantitative estimate of drug-likeness (QED) is 0.415. The van der Waals surface area contributed by atoms with Crippen LogP contribution in [0, 0.1) is 5.92 Å². The lowest BCUT2D eigenvalue weighted by Crippen LogP contribution is -2.48. The number of piperazine rings is 1. The highest BCUT2D eigenvalue weighted by molar-refractivity contribution is 14.1. The van der Waals surface area contributed by atoms with Crippen molar-refractivity contribution in [1.82, 2.24) is 8.01 Å². The summed E-state index contributed by atoms with van der Waals surface area (Å²) in [7, 11) is 0. The Kier molecular flexibility index (Phi) is 5.44. The van der Waals surface area contributed by atoms with E-state index in [9.17, 15) is 9.59 Å². The summed E-state index contributed by atoms with van der Waals surface area (Å²) < 4.78 is 7.43. The Morgan fingerprint density at radius 2 is 1.63 bits per heavy atom. The second kappa shape index (κ2) is 6.88. The first-order chi connectivity index (χ1) is 9.06. The van der Waals surface area contributed by atoms with Gasteiger partial charge in [-0.1, -0.05) is 0 Å². The van der Waals surface area contributed by atoms with Crippen molar-refractivity contribution in [3.63, 3.8) is 0 Å². The maximum absolute atomic E-state index is 12.4. The molecule has 19 heavy (non-hydrogen) atoms. The van der Waals surface area contributed by atoms with Crippen molar-refractivity contribution in [1.29, 1.82) is 0 Å². The Labute approximate surface area is 128 Å². The van der Waals surface area contributed by atoms with Gasteiger partial charge in [0.2, 0.25) is 5.91 Å². The van der Waals surface area contributed by atoms with Gasteiger partial charge >= 0.3 is 5.97 Å². The molecule has 1 saturated carbocycles. The standard InChI is InChI=1S/C13H21IN2O3/c1-10(17)19-12-4-2-11(3-5-12)13(18)15-6-8-16(14)9-7-15/h11-12H,2-9H2,1H3. The highest BCUT2D eigenvalue weighted by Gasteiger charge is 2.31. The molecule has 1 heterocycles. The van der Waals surface area contributed by atoms with Crippen LogP contribution in [0.2, 0.25) is 0 Å². The third-order valence-corrected chi connectivity index (χ3v) is 4.86. The molecule has 2 rings (SSSR count). The summed E-state index contributed by atoms with van der Waals surface area (Å²) >= 11 is 2.31. The zero-order chi connectivity index (χ0) is 13.8. The normalized spacial score (nSPS) is 29.1. The zero-order valence-corrected chi connectivity index (χ0v) is 13.5. The average Bonchev–Trinajstić information content (AvgIpc) is 2.39.